The molecule has 0 unspecified atom stereocenters. The fourth-order valence-electron chi connectivity index (χ4n) is 2.03. The molecule has 0 bridgehead atoms. The number of benzene rings is 2. The molecule has 0 aliphatic rings. The van der Waals surface area contributed by atoms with Crippen molar-refractivity contribution >= 4 is 33.5 Å². The Balaban J connectivity index is 2.38. The molecular weight excluding hydrogens is 353 g/mol. The first-order valence-electron chi connectivity index (χ1n) is 6.41. The largest absolute Gasteiger partial charge is 0.478 e. The Morgan fingerprint density at radius 3 is 2.41 bits per heavy atom. The van der Waals surface area contributed by atoms with E-state index in [9.17, 15) is 19.1 Å². The van der Waals surface area contributed by atoms with E-state index >= 15 is 0 Å². The van der Waals surface area contributed by atoms with E-state index in [4.69, 9.17) is 0 Å². The molecule has 0 radical (unpaired) electrons. The van der Waals surface area contributed by atoms with E-state index in [2.05, 4.69) is 21.2 Å². The highest BCUT2D eigenvalue weighted by Crippen LogP contribution is 2.23. The minimum atomic E-state index is -1.15. The molecule has 0 saturated carbocycles. The summed E-state index contributed by atoms with van der Waals surface area (Å²) in [6.07, 6.45) is 0. The zero-order valence-electron chi connectivity index (χ0n) is 11.9. The zero-order chi connectivity index (χ0) is 16.4. The maximum atomic E-state index is 13.4. The number of aromatic carboxylic acids is 1. The van der Waals surface area contributed by atoms with Crippen LogP contribution in [0.4, 0.5) is 10.1 Å². The molecule has 0 aliphatic heterocycles. The van der Waals surface area contributed by atoms with Crippen molar-refractivity contribution in [1.82, 2.24) is 0 Å². The van der Waals surface area contributed by atoms with Crippen LogP contribution < -0.4 is 5.32 Å². The summed E-state index contributed by atoms with van der Waals surface area (Å²) in [7, 11) is 0. The lowest BCUT2D eigenvalue weighted by Gasteiger charge is -2.12. The first-order chi connectivity index (χ1) is 10.3. The van der Waals surface area contributed by atoms with E-state index < -0.39 is 11.9 Å². The van der Waals surface area contributed by atoms with Gasteiger partial charge in [-0.1, -0.05) is 15.9 Å². The molecule has 2 aromatic carbocycles. The van der Waals surface area contributed by atoms with E-state index in [0.29, 0.717) is 21.2 Å². The maximum absolute atomic E-state index is 13.4. The summed E-state index contributed by atoms with van der Waals surface area (Å²) in [4.78, 5) is 23.6. The smallest absolute Gasteiger partial charge is 0.337 e. The zero-order valence-corrected chi connectivity index (χ0v) is 13.5. The van der Waals surface area contributed by atoms with Crippen LogP contribution in [0.5, 0.6) is 0 Å². The van der Waals surface area contributed by atoms with E-state index in [-0.39, 0.29) is 17.1 Å². The van der Waals surface area contributed by atoms with Crippen LogP contribution in [0.3, 0.4) is 0 Å². The van der Waals surface area contributed by atoms with Gasteiger partial charge in [-0.25, -0.2) is 9.18 Å². The van der Waals surface area contributed by atoms with Gasteiger partial charge in [-0.2, -0.15) is 0 Å². The van der Waals surface area contributed by atoms with Gasteiger partial charge in [0, 0.05) is 10.0 Å². The summed E-state index contributed by atoms with van der Waals surface area (Å²) in [6, 6.07) is 7.13. The molecule has 0 saturated heterocycles. The van der Waals surface area contributed by atoms with Crippen molar-refractivity contribution in [2.75, 3.05) is 5.32 Å². The van der Waals surface area contributed by atoms with Crippen molar-refractivity contribution in [3.63, 3.8) is 0 Å². The molecule has 114 valence electrons. The number of hydrogen-bond donors (Lipinski definition) is 2. The average Bonchev–Trinajstić information content (AvgIpc) is 2.46. The second-order valence-electron chi connectivity index (χ2n) is 4.79. The molecule has 6 heteroatoms. The van der Waals surface area contributed by atoms with Crippen molar-refractivity contribution in [1.29, 1.82) is 0 Å². The van der Waals surface area contributed by atoms with Crippen LogP contribution in [-0.2, 0) is 0 Å². The monoisotopic (exact) mass is 365 g/mol. The van der Waals surface area contributed by atoms with Crippen LogP contribution in [0.1, 0.15) is 31.8 Å². The van der Waals surface area contributed by atoms with Gasteiger partial charge in [-0.3, -0.25) is 4.79 Å². The van der Waals surface area contributed by atoms with Gasteiger partial charge >= 0.3 is 5.97 Å². The summed E-state index contributed by atoms with van der Waals surface area (Å²) in [5.74, 6) is -2.02. The number of carboxylic acids is 1. The van der Waals surface area contributed by atoms with E-state index in [0.717, 1.165) is 0 Å². The fourth-order valence-corrected chi connectivity index (χ4v) is 2.39. The van der Waals surface area contributed by atoms with Crippen LogP contribution in [-0.4, -0.2) is 17.0 Å². The Kier molecular flexibility index (Phi) is 4.61. The molecule has 2 rings (SSSR count). The number of hydrogen-bond acceptors (Lipinski definition) is 2. The average molecular weight is 366 g/mol. The molecule has 0 spiro atoms. The molecule has 2 aromatic rings. The second kappa shape index (κ2) is 6.27. The number of amides is 1. The van der Waals surface area contributed by atoms with Gasteiger partial charge in [0.25, 0.3) is 5.91 Å². The standard InChI is InChI=1S/C16H13BrFNO3/c1-8-9(2)13(18)5-4-11(8)15(20)19-14-6-3-10(17)7-12(14)16(21)22/h3-7H,1-2H3,(H,19,20)(H,21,22). The summed E-state index contributed by atoms with van der Waals surface area (Å²) >= 11 is 3.19. The van der Waals surface area contributed by atoms with Gasteiger partial charge in [0.2, 0.25) is 0 Å². The first-order valence-corrected chi connectivity index (χ1v) is 7.20. The Hall–Kier alpha value is -2.21. The molecule has 0 atom stereocenters. The minimum Gasteiger partial charge on any atom is -0.478 e. The van der Waals surface area contributed by atoms with Crippen LogP contribution in [0.15, 0.2) is 34.8 Å². The summed E-state index contributed by atoms with van der Waals surface area (Å²) in [6.45, 7) is 3.23. The molecule has 2 N–H and O–H groups in total. The summed E-state index contributed by atoms with van der Waals surface area (Å²) < 4.78 is 14.0. The molecule has 0 heterocycles. The molecule has 0 aliphatic carbocycles. The molecule has 1 amide bonds. The van der Waals surface area contributed by atoms with Gasteiger partial charge < -0.3 is 10.4 Å². The maximum Gasteiger partial charge on any atom is 0.337 e. The van der Waals surface area contributed by atoms with Gasteiger partial charge in [0.15, 0.2) is 0 Å². The van der Waals surface area contributed by atoms with Crippen LogP contribution in [0.25, 0.3) is 0 Å². The van der Waals surface area contributed by atoms with E-state index in [1.165, 1.54) is 24.3 Å². The SMILES string of the molecule is Cc1c(F)ccc(C(=O)Nc2ccc(Br)cc2C(=O)O)c1C. The van der Waals surface area contributed by atoms with Crippen LogP contribution >= 0.6 is 15.9 Å². The Labute approximate surface area is 135 Å². The lowest BCUT2D eigenvalue weighted by Crippen LogP contribution is -2.16. The van der Waals surface area contributed by atoms with Crippen molar-refractivity contribution in [3.05, 3.63) is 62.9 Å². The number of nitrogens with one attached hydrogen (secondary N) is 1. The third kappa shape index (κ3) is 3.17. The predicted octanol–water partition coefficient (Wildman–Crippen LogP) is 4.16. The lowest BCUT2D eigenvalue weighted by molar-refractivity contribution is 0.0698. The molecule has 0 aromatic heterocycles. The van der Waals surface area contributed by atoms with Crippen molar-refractivity contribution in [2.45, 2.75) is 13.8 Å². The topological polar surface area (TPSA) is 66.4 Å². The van der Waals surface area contributed by atoms with Crippen molar-refractivity contribution < 1.29 is 19.1 Å². The Morgan fingerprint density at radius 1 is 1.09 bits per heavy atom. The van der Waals surface area contributed by atoms with E-state index in [1.54, 1.807) is 19.9 Å². The number of carbonyl (C=O) groups is 2. The Bertz CT molecular complexity index is 774. The number of anilines is 1. The number of carboxylic acid groups (broad SMARTS) is 1. The first kappa shape index (κ1) is 16.2. The third-order valence-corrected chi connectivity index (χ3v) is 3.92. The van der Waals surface area contributed by atoms with E-state index in [1.807, 2.05) is 0 Å². The summed E-state index contributed by atoms with van der Waals surface area (Å²) in [5.41, 5.74) is 1.37. The minimum absolute atomic E-state index is 0.0285. The van der Waals surface area contributed by atoms with Gasteiger partial charge in [-0.15, -0.1) is 0 Å². The Morgan fingerprint density at radius 2 is 1.77 bits per heavy atom. The highest BCUT2D eigenvalue weighted by Gasteiger charge is 2.17. The van der Waals surface area contributed by atoms with Crippen LogP contribution in [0.2, 0.25) is 0 Å². The molecule has 0 fully saturated rings. The molecular formula is C16H13BrFNO3. The highest BCUT2D eigenvalue weighted by atomic mass is 79.9. The lowest BCUT2D eigenvalue weighted by atomic mass is 10.0. The number of carbonyl (C=O) groups excluding carboxylic acids is 1. The molecule has 22 heavy (non-hydrogen) atoms. The second-order valence-corrected chi connectivity index (χ2v) is 5.71. The normalized spacial score (nSPS) is 10.4. The van der Waals surface area contributed by atoms with Crippen molar-refractivity contribution in [3.8, 4) is 0 Å². The number of rotatable bonds is 3. The van der Waals surface area contributed by atoms with Crippen molar-refractivity contribution in [2.24, 2.45) is 0 Å². The van der Waals surface area contributed by atoms with Crippen LogP contribution in [0, 0.1) is 19.7 Å². The predicted molar refractivity (Wildman–Crippen MR) is 84.9 cm³/mol. The third-order valence-electron chi connectivity index (χ3n) is 3.43. The number of halogens is 2. The van der Waals surface area contributed by atoms with Gasteiger partial charge in [0.05, 0.1) is 11.3 Å². The quantitative estimate of drug-likeness (QED) is 0.858. The van der Waals surface area contributed by atoms with Gasteiger partial charge in [-0.05, 0) is 55.3 Å². The van der Waals surface area contributed by atoms with Gasteiger partial charge in [0.1, 0.15) is 5.82 Å². The highest BCUT2D eigenvalue weighted by molar-refractivity contribution is 9.10. The fraction of sp³-hybridized carbons (Fsp3) is 0.125. The molecule has 4 nitrogen and oxygen atoms in total. The summed E-state index contributed by atoms with van der Waals surface area (Å²) in [5, 5.41) is 11.7.